The fourth-order valence-corrected chi connectivity index (χ4v) is 0.952. The lowest BCUT2D eigenvalue weighted by Crippen LogP contribution is -2.05. The fourth-order valence-electron chi connectivity index (χ4n) is 0.952. The van der Waals surface area contributed by atoms with Crippen LogP contribution in [-0.2, 0) is 4.79 Å². The van der Waals surface area contributed by atoms with E-state index in [0.29, 0.717) is 0 Å². The van der Waals surface area contributed by atoms with Crippen molar-refractivity contribution in [3.63, 3.8) is 0 Å². The van der Waals surface area contributed by atoms with Crippen LogP contribution in [0.1, 0.15) is 11.1 Å². The van der Waals surface area contributed by atoms with Gasteiger partial charge < -0.3 is 5.73 Å². The summed E-state index contributed by atoms with van der Waals surface area (Å²) in [6.45, 7) is 2.00. The molecule has 0 radical (unpaired) electrons. The Hall–Kier alpha value is -1.57. The van der Waals surface area contributed by atoms with Crippen molar-refractivity contribution in [3.05, 3.63) is 41.5 Å². The number of aryl methyl sites for hydroxylation is 1. The number of rotatable bonds is 2. The zero-order chi connectivity index (χ0) is 8.97. The highest BCUT2D eigenvalue weighted by Gasteiger charge is 1.87. The standard InChI is InChI=1S/C10H11NO/c1-8-3-2-4-9(7-8)5-6-10(11)12/h2-7H,1H3,(H2,11,12). The quantitative estimate of drug-likeness (QED) is 0.656. The minimum Gasteiger partial charge on any atom is -0.366 e. The van der Waals surface area contributed by atoms with Gasteiger partial charge in [0.1, 0.15) is 0 Å². The van der Waals surface area contributed by atoms with E-state index < -0.39 is 5.91 Å². The van der Waals surface area contributed by atoms with Crippen LogP contribution in [0, 0.1) is 6.92 Å². The Morgan fingerprint density at radius 2 is 2.25 bits per heavy atom. The van der Waals surface area contributed by atoms with E-state index in [9.17, 15) is 4.79 Å². The van der Waals surface area contributed by atoms with Gasteiger partial charge in [-0.2, -0.15) is 0 Å². The van der Waals surface area contributed by atoms with Gasteiger partial charge in [-0.3, -0.25) is 4.79 Å². The van der Waals surface area contributed by atoms with Crippen molar-refractivity contribution in [2.45, 2.75) is 6.92 Å². The van der Waals surface area contributed by atoms with Gasteiger partial charge in [-0.1, -0.05) is 29.8 Å². The van der Waals surface area contributed by atoms with E-state index in [0.717, 1.165) is 5.56 Å². The number of primary amides is 1. The predicted octanol–water partition coefficient (Wildman–Crippen LogP) is 1.49. The van der Waals surface area contributed by atoms with Crippen molar-refractivity contribution in [3.8, 4) is 0 Å². The summed E-state index contributed by atoms with van der Waals surface area (Å²) in [6, 6.07) is 7.85. The SMILES string of the molecule is Cc1cccc(C=CC(N)=O)c1. The van der Waals surface area contributed by atoms with Crippen molar-refractivity contribution >= 4 is 12.0 Å². The summed E-state index contributed by atoms with van der Waals surface area (Å²) >= 11 is 0. The van der Waals surface area contributed by atoms with Crippen LogP contribution in [0.25, 0.3) is 6.08 Å². The summed E-state index contributed by atoms with van der Waals surface area (Å²) in [4.78, 5) is 10.4. The zero-order valence-corrected chi connectivity index (χ0v) is 6.95. The normalized spacial score (nSPS) is 10.4. The number of carbonyl (C=O) groups is 1. The summed E-state index contributed by atoms with van der Waals surface area (Å²) < 4.78 is 0. The molecule has 0 bridgehead atoms. The number of hydrogen-bond acceptors (Lipinski definition) is 1. The maximum atomic E-state index is 10.4. The smallest absolute Gasteiger partial charge is 0.241 e. The number of benzene rings is 1. The molecular weight excluding hydrogens is 150 g/mol. The minimum atomic E-state index is -0.420. The van der Waals surface area contributed by atoms with Crippen LogP contribution in [0.5, 0.6) is 0 Å². The van der Waals surface area contributed by atoms with E-state index in [4.69, 9.17) is 5.73 Å². The van der Waals surface area contributed by atoms with Gasteiger partial charge in [0, 0.05) is 6.08 Å². The van der Waals surface area contributed by atoms with Gasteiger partial charge in [0.05, 0.1) is 0 Å². The van der Waals surface area contributed by atoms with Crippen molar-refractivity contribution in [2.24, 2.45) is 5.73 Å². The second kappa shape index (κ2) is 3.72. The average molecular weight is 161 g/mol. The van der Waals surface area contributed by atoms with E-state index in [1.54, 1.807) is 6.08 Å². The Labute approximate surface area is 71.7 Å². The first-order chi connectivity index (χ1) is 5.68. The Balaban J connectivity index is 2.83. The average Bonchev–Trinajstić information content (AvgIpc) is 2.01. The Bertz CT molecular complexity index is 315. The molecule has 0 aromatic heterocycles. The molecule has 0 fully saturated rings. The Morgan fingerprint density at radius 1 is 1.50 bits per heavy atom. The van der Waals surface area contributed by atoms with Gasteiger partial charge >= 0.3 is 0 Å². The molecule has 0 aliphatic carbocycles. The molecule has 1 amide bonds. The van der Waals surface area contributed by atoms with E-state index in [2.05, 4.69) is 0 Å². The molecule has 0 aliphatic rings. The van der Waals surface area contributed by atoms with Gasteiger partial charge in [-0.05, 0) is 18.6 Å². The van der Waals surface area contributed by atoms with Crippen LogP contribution in [0.15, 0.2) is 30.3 Å². The van der Waals surface area contributed by atoms with E-state index in [1.807, 2.05) is 31.2 Å². The Kier molecular flexibility index (Phi) is 2.64. The molecule has 1 rings (SSSR count). The summed E-state index contributed by atoms with van der Waals surface area (Å²) in [7, 11) is 0. The highest BCUT2D eigenvalue weighted by atomic mass is 16.1. The van der Waals surface area contributed by atoms with Gasteiger partial charge in [-0.25, -0.2) is 0 Å². The van der Waals surface area contributed by atoms with E-state index in [1.165, 1.54) is 11.6 Å². The van der Waals surface area contributed by atoms with Gasteiger partial charge in [0.15, 0.2) is 0 Å². The molecule has 0 unspecified atom stereocenters. The van der Waals surface area contributed by atoms with Crippen LogP contribution in [-0.4, -0.2) is 5.91 Å². The Morgan fingerprint density at radius 3 is 2.83 bits per heavy atom. The van der Waals surface area contributed by atoms with Crippen LogP contribution in [0.3, 0.4) is 0 Å². The molecule has 0 saturated carbocycles. The number of amides is 1. The molecular formula is C10H11NO. The molecule has 2 nitrogen and oxygen atoms in total. The molecule has 0 spiro atoms. The van der Waals surface area contributed by atoms with Crippen LogP contribution < -0.4 is 5.73 Å². The molecule has 1 aromatic rings. The molecule has 0 atom stereocenters. The summed E-state index contributed by atoms with van der Waals surface area (Å²) in [5.74, 6) is -0.420. The number of nitrogens with two attached hydrogens (primary N) is 1. The third kappa shape index (κ3) is 2.58. The molecule has 2 N–H and O–H groups in total. The fraction of sp³-hybridized carbons (Fsp3) is 0.100. The summed E-state index contributed by atoms with van der Waals surface area (Å²) in [5, 5.41) is 0. The summed E-state index contributed by atoms with van der Waals surface area (Å²) in [6.07, 6.45) is 3.06. The monoisotopic (exact) mass is 161 g/mol. The van der Waals surface area contributed by atoms with E-state index >= 15 is 0 Å². The van der Waals surface area contributed by atoms with E-state index in [-0.39, 0.29) is 0 Å². The lowest BCUT2D eigenvalue weighted by atomic mass is 10.1. The first kappa shape index (κ1) is 8.53. The first-order valence-electron chi connectivity index (χ1n) is 3.72. The highest BCUT2D eigenvalue weighted by Crippen LogP contribution is 2.05. The second-order valence-electron chi connectivity index (χ2n) is 2.65. The molecule has 12 heavy (non-hydrogen) atoms. The van der Waals surface area contributed by atoms with Crippen molar-refractivity contribution < 1.29 is 4.79 Å². The molecule has 62 valence electrons. The first-order valence-corrected chi connectivity index (χ1v) is 3.72. The van der Waals surface area contributed by atoms with Crippen molar-refractivity contribution in [2.75, 3.05) is 0 Å². The highest BCUT2D eigenvalue weighted by molar-refractivity contribution is 5.90. The number of carbonyl (C=O) groups excluding carboxylic acids is 1. The van der Waals surface area contributed by atoms with Crippen LogP contribution in [0.2, 0.25) is 0 Å². The zero-order valence-electron chi connectivity index (χ0n) is 6.95. The molecule has 0 heterocycles. The van der Waals surface area contributed by atoms with Crippen molar-refractivity contribution in [1.82, 2.24) is 0 Å². The predicted molar refractivity (Wildman–Crippen MR) is 49.4 cm³/mol. The lowest BCUT2D eigenvalue weighted by molar-refractivity contribution is -0.113. The van der Waals surface area contributed by atoms with Crippen molar-refractivity contribution in [1.29, 1.82) is 0 Å². The van der Waals surface area contributed by atoms with Crippen LogP contribution in [0.4, 0.5) is 0 Å². The van der Waals surface area contributed by atoms with Crippen LogP contribution >= 0.6 is 0 Å². The summed E-state index contributed by atoms with van der Waals surface area (Å²) in [5.41, 5.74) is 7.12. The third-order valence-corrected chi connectivity index (χ3v) is 1.48. The molecule has 1 aromatic carbocycles. The van der Waals surface area contributed by atoms with Gasteiger partial charge in [0.25, 0.3) is 0 Å². The maximum Gasteiger partial charge on any atom is 0.241 e. The second-order valence-corrected chi connectivity index (χ2v) is 2.65. The largest absolute Gasteiger partial charge is 0.366 e. The van der Waals surface area contributed by atoms with Gasteiger partial charge in [0.2, 0.25) is 5.91 Å². The third-order valence-electron chi connectivity index (χ3n) is 1.48. The number of hydrogen-bond donors (Lipinski definition) is 1. The molecule has 2 heteroatoms. The minimum absolute atomic E-state index is 0.420. The molecule has 0 saturated heterocycles. The van der Waals surface area contributed by atoms with Gasteiger partial charge in [-0.15, -0.1) is 0 Å². The maximum absolute atomic E-state index is 10.4. The lowest BCUT2D eigenvalue weighted by Gasteiger charge is -1.93. The topological polar surface area (TPSA) is 43.1 Å². The molecule has 0 aliphatic heterocycles.